The molecule has 1 amide bonds. The van der Waals surface area contributed by atoms with Crippen LogP contribution < -0.4 is 11.1 Å². The fraction of sp³-hybridized carbons (Fsp3) is 0.533. The minimum atomic E-state index is -0.449. The Hall–Kier alpha value is -1.95. The summed E-state index contributed by atoms with van der Waals surface area (Å²) in [6.45, 7) is 2.34. The van der Waals surface area contributed by atoms with E-state index in [4.69, 9.17) is 5.73 Å². The normalized spacial score (nSPS) is 22.8. The molecule has 1 fully saturated rings. The van der Waals surface area contributed by atoms with E-state index in [2.05, 4.69) is 5.32 Å². The molecule has 0 heterocycles. The van der Waals surface area contributed by atoms with Crippen molar-refractivity contribution in [3.63, 3.8) is 0 Å². The van der Waals surface area contributed by atoms with Gasteiger partial charge < -0.3 is 11.1 Å². The molecule has 1 aromatic rings. The second-order valence-electron chi connectivity index (χ2n) is 5.62. The molecule has 1 aliphatic rings. The summed E-state index contributed by atoms with van der Waals surface area (Å²) < 4.78 is 0. The lowest BCUT2D eigenvalue weighted by Gasteiger charge is -2.22. The third kappa shape index (κ3) is 3.58. The van der Waals surface area contributed by atoms with E-state index in [1.165, 1.54) is 12.1 Å². The molecule has 0 radical (unpaired) electrons. The highest BCUT2D eigenvalue weighted by molar-refractivity contribution is 5.83. The molecule has 3 unspecified atom stereocenters. The van der Waals surface area contributed by atoms with Crippen LogP contribution in [0.25, 0.3) is 0 Å². The first kappa shape index (κ1) is 15.4. The van der Waals surface area contributed by atoms with E-state index in [1.807, 2.05) is 0 Å². The zero-order chi connectivity index (χ0) is 15.4. The molecule has 3 atom stereocenters. The van der Waals surface area contributed by atoms with E-state index in [-0.39, 0.29) is 17.6 Å². The lowest BCUT2D eigenvalue weighted by atomic mass is 9.98. The van der Waals surface area contributed by atoms with E-state index in [0.717, 1.165) is 19.3 Å². The summed E-state index contributed by atoms with van der Waals surface area (Å²) in [5, 5.41) is 13.8. The first-order chi connectivity index (χ1) is 10.0. The van der Waals surface area contributed by atoms with Gasteiger partial charge in [0.25, 0.3) is 5.69 Å². The summed E-state index contributed by atoms with van der Waals surface area (Å²) >= 11 is 0. The van der Waals surface area contributed by atoms with Gasteiger partial charge in [-0.05, 0) is 37.8 Å². The zero-order valence-corrected chi connectivity index (χ0v) is 12.1. The van der Waals surface area contributed by atoms with Gasteiger partial charge in [-0.15, -0.1) is 0 Å². The first-order valence-corrected chi connectivity index (χ1v) is 7.27. The summed E-state index contributed by atoms with van der Waals surface area (Å²) in [5.41, 5.74) is 6.38. The van der Waals surface area contributed by atoms with Crippen molar-refractivity contribution in [2.24, 2.45) is 11.7 Å². The number of rotatable bonds is 5. The third-order valence-corrected chi connectivity index (χ3v) is 4.26. The molecule has 2 rings (SSSR count). The van der Waals surface area contributed by atoms with Gasteiger partial charge in [0.2, 0.25) is 5.91 Å². The van der Waals surface area contributed by atoms with Gasteiger partial charge in [-0.2, -0.15) is 0 Å². The number of nitro groups is 1. The number of nitrogens with two attached hydrogens (primary N) is 1. The number of non-ortho nitro benzene ring substituents is 1. The highest BCUT2D eigenvalue weighted by Crippen LogP contribution is 2.26. The van der Waals surface area contributed by atoms with Gasteiger partial charge in [0.15, 0.2) is 0 Å². The van der Waals surface area contributed by atoms with Gasteiger partial charge in [0.05, 0.1) is 10.8 Å². The van der Waals surface area contributed by atoms with E-state index in [9.17, 15) is 14.9 Å². The number of hydrogen-bond donors (Lipinski definition) is 2. The first-order valence-electron chi connectivity index (χ1n) is 7.27. The number of nitrogens with zero attached hydrogens (tertiary/aromatic N) is 1. The van der Waals surface area contributed by atoms with Gasteiger partial charge in [0.1, 0.15) is 0 Å². The van der Waals surface area contributed by atoms with Gasteiger partial charge in [0, 0.05) is 18.2 Å². The Labute approximate surface area is 123 Å². The van der Waals surface area contributed by atoms with Crippen molar-refractivity contribution in [3.05, 3.63) is 39.9 Å². The van der Waals surface area contributed by atoms with Crippen LogP contribution in [0.1, 0.15) is 37.7 Å². The summed E-state index contributed by atoms with van der Waals surface area (Å²) in [6, 6.07) is 6.36. The second kappa shape index (κ2) is 6.67. The number of nitrogens with one attached hydrogen (secondary N) is 1. The number of amides is 1. The molecule has 3 N–H and O–H groups in total. The van der Waals surface area contributed by atoms with Crippen molar-refractivity contribution in [3.8, 4) is 0 Å². The molecule has 114 valence electrons. The standard InChI is InChI=1S/C15H21N3O3/c1-10(11-4-2-6-13(8-11)18(20)21)15(19)17-14-7-3-5-12(14)9-16/h2,4,6,8,10,12,14H,3,5,7,9,16H2,1H3,(H,17,19). The molecule has 1 aromatic carbocycles. The summed E-state index contributed by atoms with van der Waals surface area (Å²) in [5.74, 6) is -0.170. The van der Waals surface area contributed by atoms with Crippen LogP contribution >= 0.6 is 0 Å². The van der Waals surface area contributed by atoms with Gasteiger partial charge in [-0.3, -0.25) is 14.9 Å². The predicted octanol–water partition coefficient (Wildman–Crippen LogP) is 1.94. The van der Waals surface area contributed by atoms with Gasteiger partial charge in [-0.25, -0.2) is 0 Å². The fourth-order valence-electron chi connectivity index (χ4n) is 2.88. The Morgan fingerprint density at radius 2 is 2.29 bits per heavy atom. The third-order valence-electron chi connectivity index (χ3n) is 4.26. The molecule has 0 bridgehead atoms. The van der Waals surface area contributed by atoms with E-state index >= 15 is 0 Å². The van der Waals surface area contributed by atoms with Crippen molar-refractivity contribution in [2.45, 2.75) is 38.1 Å². The largest absolute Gasteiger partial charge is 0.353 e. The molecule has 1 saturated carbocycles. The van der Waals surface area contributed by atoms with Crippen LogP contribution in [-0.4, -0.2) is 23.4 Å². The van der Waals surface area contributed by atoms with Crippen molar-refractivity contribution >= 4 is 11.6 Å². The number of carbonyl (C=O) groups excluding carboxylic acids is 1. The molecule has 0 spiro atoms. The lowest BCUT2D eigenvalue weighted by Crippen LogP contribution is -2.41. The molecule has 21 heavy (non-hydrogen) atoms. The molecule has 6 nitrogen and oxygen atoms in total. The van der Waals surface area contributed by atoms with Gasteiger partial charge in [-0.1, -0.05) is 18.6 Å². The van der Waals surface area contributed by atoms with Crippen LogP contribution in [-0.2, 0) is 4.79 Å². The Bertz CT molecular complexity index is 533. The van der Waals surface area contributed by atoms with E-state index < -0.39 is 10.8 Å². The van der Waals surface area contributed by atoms with Crippen molar-refractivity contribution in [1.29, 1.82) is 0 Å². The predicted molar refractivity (Wildman–Crippen MR) is 79.8 cm³/mol. The monoisotopic (exact) mass is 291 g/mol. The number of nitro benzene ring substituents is 1. The zero-order valence-electron chi connectivity index (χ0n) is 12.1. The lowest BCUT2D eigenvalue weighted by molar-refractivity contribution is -0.384. The maximum absolute atomic E-state index is 12.3. The Kier molecular flexibility index (Phi) is 4.90. The molecule has 0 aliphatic heterocycles. The SMILES string of the molecule is CC(C(=O)NC1CCCC1CN)c1cccc([N+](=O)[O-])c1. The maximum Gasteiger partial charge on any atom is 0.269 e. The van der Waals surface area contributed by atoms with Gasteiger partial charge >= 0.3 is 0 Å². The smallest absolute Gasteiger partial charge is 0.269 e. The van der Waals surface area contributed by atoms with Crippen LogP contribution in [0.4, 0.5) is 5.69 Å². The number of benzene rings is 1. The summed E-state index contributed by atoms with van der Waals surface area (Å²) in [4.78, 5) is 22.7. The van der Waals surface area contributed by atoms with Crippen molar-refractivity contribution < 1.29 is 9.72 Å². The van der Waals surface area contributed by atoms with Crippen LogP contribution in [0.15, 0.2) is 24.3 Å². The number of carbonyl (C=O) groups is 1. The molecule has 0 saturated heterocycles. The average molecular weight is 291 g/mol. The minimum Gasteiger partial charge on any atom is -0.353 e. The molecular formula is C15H21N3O3. The van der Waals surface area contributed by atoms with Crippen LogP contribution in [0, 0.1) is 16.0 Å². The molecule has 6 heteroatoms. The summed E-state index contributed by atoms with van der Waals surface area (Å²) in [6.07, 6.45) is 3.08. The minimum absolute atomic E-state index is 0.00727. The average Bonchev–Trinajstić information content (AvgIpc) is 2.93. The molecule has 1 aliphatic carbocycles. The van der Waals surface area contributed by atoms with Crippen LogP contribution in [0.5, 0.6) is 0 Å². The molecule has 0 aromatic heterocycles. The quantitative estimate of drug-likeness (QED) is 0.639. The Morgan fingerprint density at radius 1 is 1.52 bits per heavy atom. The maximum atomic E-state index is 12.3. The van der Waals surface area contributed by atoms with E-state index in [0.29, 0.717) is 18.0 Å². The highest BCUT2D eigenvalue weighted by Gasteiger charge is 2.29. The topological polar surface area (TPSA) is 98.3 Å². The Balaban J connectivity index is 2.05. The van der Waals surface area contributed by atoms with E-state index in [1.54, 1.807) is 19.1 Å². The van der Waals surface area contributed by atoms with Crippen molar-refractivity contribution in [2.75, 3.05) is 6.54 Å². The van der Waals surface area contributed by atoms with Crippen LogP contribution in [0.2, 0.25) is 0 Å². The number of hydrogen-bond acceptors (Lipinski definition) is 4. The van der Waals surface area contributed by atoms with Crippen LogP contribution in [0.3, 0.4) is 0 Å². The summed E-state index contributed by atoms with van der Waals surface area (Å²) in [7, 11) is 0. The Morgan fingerprint density at radius 3 is 2.95 bits per heavy atom. The molecular weight excluding hydrogens is 270 g/mol. The van der Waals surface area contributed by atoms with Crippen molar-refractivity contribution in [1.82, 2.24) is 5.32 Å². The highest BCUT2D eigenvalue weighted by atomic mass is 16.6. The fourth-order valence-corrected chi connectivity index (χ4v) is 2.88. The second-order valence-corrected chi connectivity index (χ2v) is 5.62.